The van der Waals surface area contributed by atoms with Crippen LogP contribution >= 0.6 is 11.8 Å². The van der Waals surface area contributed by atoms with Gasteiger partial charge in [0.2, 0.25) is 5.91 Å². The van der Waals surface area contributed by atoms with Crippen molar-refractivity contribution >= 4 is 23.4 Å². The van der Waals surface area contributed by atoms with Crippen molar-refractivity contribution in [1.29, 1.82) is 0 Å². The molecule has 1 unspecified atom stereocenters. The van der Waals surface area contributed by atoms with Gasteiger partial charge in [-0.25, -0.2) is 4.39 Å². The second-order valence-electron chi connectivity index (χ2n) is 6.18. The third-order valence-corrected chi connectivity index (χ3v) is 5.94. The summed E-state index contributed by atoms with van der Waals surface area (Å²) in [7, 11) is 0. The number of anilines is 1. The number of fused-ring (bicyclic) bond motifs is 2. The van der Waals surface area contributed by atoms with Gasteiger partial charge in [0.15, 0.2) is 0 Å². The molecule has 5 heteroatoms. The molecule has 2 aliphatic heterocycles. The molecule has 4 rings (SSSR count). The minimum absolute atomic E-state index is 0.139. The van der Waals surface area contributed by atoms with E-state index in [4.69, 9.17) is 0 Å². The maximum atomic E-state index is 14.7. The average Bonchev–Trinajstić information content (AvgIpc) is 2.63. The number of rotatable bonds is 2. The molecule has 0 saturated heterocycles. The quantitative estimate of drug-likeness (QED) is 0.878. The first-order valence-electron chi connectivity index (χ1n) is 8.25. The van der Waals surface area contributed by atoms with E-state index in [0.717, 1.165) is 35.4 Å². The Kier molecular flexibility index (Phi) is 4.29. The molecular formula is C19H19FN2OS. The second-order valence-corrected chi connectivity index (χ2v) is 7.39. The Labute approximate surface area is 145 Å². The largest absolute Gasteiger partial charge is 0.322 e. The third kappa shape index (κ3) is 2.82. The van der Waals surface area contributed by atoms with Gasteiger partial charge in [-0.15, -0.1) is 11.8 Å². The van der Waals surface area contributed by atoms with Gasteiger partial charge in [-0.2, -0.15) is 0 Å². The molecule has 2 heterocycles. The van der Waals surface area contributed by atoms with E-state index in [1.807, 2.05) is 24.3 Å². The van der Waals surface area contributed by atoms with Crippen molar-refractivity contribution in [1.82, 2.24) is 5.32 Å². The van der Waals surface area contributed by atoms with Gasteiger partial charge in [-0.1, -0.05) is 30.3 Å². The predicted octanol–water partition coefficient (Wildman–Crippen LogP) is 3.44. The number of halogens is 1. The van der Waals surface area contributed by atoms with E-state index < -0.39 is 0 Å². The fourth-order valence-electron chi connectivity index (χ4n) is 3.44. The number of carbonyl (C=O) groups excluding carboxylic acids is 1. The zero-order valence-corrected chi connectivity index (χ0v) is 14.1. The first kappa shape index (κ1) is 15.7. The van der Waals surface area contributed by atoms with E-state index in [0.29, 0.717) is 18.7 Å². The van der Waals surface area contributed by atoms with Crippen LogP contribution < -0.4 is 10.6 Å². The lowest BCUT2D eigenvalue weighted by molar-refractivity contribution is -0.115. The van der Waals surface area contributed by atoms with E-state index >= 15 is 0 Å². The Morgan fingerprint density at radius 1 is 1.17 bits per heavy atom. The van der Waals surface area contributed by atoms with E-state index in [1.165, 1.54) is 5.56 Å². The average molecular weight is 342 g/mol. The highest BCUT2D eigenvalue weighted by molar-refractivity contribution is 8.00. The number of carbonyl (C=O) groups is 1. The van der Waals surface area contributed by atoms with Crippen molar-refractivity contribution < 1.29 is 9.18 Å². The Bertz CT molecular complexity index is 793. The maximum absolute atomic E-state index is 14.7. The molecule has 0 bridgehead atoms. The first-order valence-corrected chi connectivity index (χ1v) is 9.30. The molecule has 0 fully saturated rings. The highest BCUT2D eigenvalue weighted by atomic mass is 32.2. The predicted molar refractivity (Wildman–Crippen MR) is 95.8 cm³/mol. The molecule has 2 aromatic rings. The van der Waals surface area contributed by atoms with Gasteiger partial charge < -0.3 is 10.6 Å². The summed E-state index contributed by atoms with van der Waals surface area (Å²) in [6.45, 7) is 1.46. The molecule has 24 heavy (non-hydrogen) atoms. The minimum Gasteiger partial charge on any atom is -0.322 e. The summed E-state index contributed by atoms with van der Waals surface area (Å²) < 4.78 is 14.7. The van der Waals surface area contributed by atoms with E-state index in [-0.39, 0.29) is 17.0 Å². The summed E-state index contributed by atoms with van der Waals surface area (Å²) in [5.74, 6) is 0.490. The molecule has 0 saturated carbocycles. The Morgan fingerprint density at radius 3 is 2.96 bits per heavy atom. The van der Waals surface area contributed by atoms with Gasteiger partial charge in [-0.05, 0) is 53.5 Å². The fourth-order valence-corrected chi connectivity index (χ4v) is 4.63. The first-order chi connectivity index (χ1) is 11.7. The standard InChI is InChI=1S/C19H19FN2OS/c20-17-14-7-9-21-11-13(14)5-6-16(17)22-19(23)18-15-4-2-1-3-12(15)8-10-24-18/h1-6,18,21H,7-11H2,(H,22,23). The van der Waals surface area contributed by atoms with Crippen molar-refractivity contribution in [3.05, 3.63) is 64.5 Å². The second kappa shape index (κ2) is 6.57. The van der Waals surface area contributed by atoms with Crippen molar-refractivity contribution in [3.63, 3.8) is 0 Å². The van der Waals surface area contributed by atoms with Crippen LogP contribution in [0.1, 0.15) is 27.5 Å². The molecule has 124 valence electrons. The SMILES string of the molecule is O=C(Nc1ccc2c(c1F)CCNC2)C1SCCc2ccccc21. The maximum Gasteiger partial charge on any atom is 0.242 e. The molecule has 1 atom stereocenters. The van der Waals surface area contributed by atoms with Gasteiger partial charge in [-0.3, -0.25) is 4.79 Å². The van der Waals surface area contributed by atoms with Gasteiger partial charge in [0.1, 0.15) is 11.1 Å². The van der Waals surface area contributed by atoms with Gasteiger partial charge in [0.05, 0.1) is 5.69 Å². The van der Waals surface area contributed by atoms with E-state index in [1.54, 1.807) is 17.8 Å². The Hall–Kier alpha value is -1.85. The van der Waals surface area contributed by atoms with E-state index in [2.05, 4.69) is 16.7 Å². The van der Waals surface area contributed by atoms with Crippen LogP contribution in [0.15, 0.2) is 36.4 Å². The lowest BCUT2D eigenvalue weighted by atomic mass is 9.99. The number of benzene rings is 2. The lowest BCUT2D eigenvalue weighted by Crippen LogP contribution is -2.26. The van der Waals surface area contributed by atoms with Crippen molar-refractivity contribution in [2.75, 3.05) is 17.6 Å². The number of aryl methyl sites for hydroxylation is 1. The molecule has 0 radical (unpaired) electrons. The van der Waals surface area contributed by atoms with Gasteiger partial charge >= 0.3 is 0 Å². The molecule has 1 amide bonds. The Morgan fingerprint density at radius 2 is 2.04 bits per heavy atom. The molecule has 0 spiro atoms. The van der Waals surface area contributed by atoms with Crippen LogP contribution in [0.2, 0.25) is 0 Å². The van der Waals surface area contributed by atoms with Crippen molar-refractivity contribution in [2.45, 2.75) is 24.6 Å². The molecule has 0 aliphatic carbocycles. The highest BCUT2D eigenvalue weighted by Gasteiger charge is 2.28. The molecule has 2 aliphatic rings. The Balaban J connectivity index is 1.59. The van der Waals surface area contributed by atoms with E-state index in [9.17, 15) is 9.18 Å². The van der Waals surface area contributed by atoms with Gasteiger partial charge in [0.25, 0.3) is 0 Å². The highest BCUT2D eigenvalue weighted by Crippen LogP contribution is 2.37. The minimum atomic E-state index is -0.281. The van der Waals surface area contributed by atoms with Crippen LogP contribution in [0, 0.1) is 5.82 Å². The number of thioether (sulfide) groups is 1. The molecule has 0 aromatic heterocycles. The normalized spacial score (nSPS) is 19.3. The molecule has 3 nitrogen and oxygen atoms in total. The number of nitrogens with one attached hydrogen (secondary N) is 2. The monoisotopic (exact) mass is 342 g/mol. The summed E-state index contributed by atoms with van der Waals surface area (Å²) in [5.41, 5.74) is 4.27. The topological polar surface area (TPSA) is 41.1 Å². The van der Waals surface area contributed by atoms with Crippen molar-refractivity contribution in [3.8, 4) is 0 Å². The van der Waals surface area contributed by atoms with Crippen LogP contribution in [0.3, 0.4) is 0 Å². The number of amides is 1. The summed E-state index contributed by atoms with van der Waals surface area (Å²) in [4.78, 5) is 12.7. The molecular weight excluding hydrogens is 323 g/mol. The molecule has 2 aromatic carbocycles. The zero-order chi connectivity index (χ0) is 16.5. The molecule has 2 N–H and O–H groups in total. The summed E-state index contributed by atoms with van der Waals surface area (Å²) >= 11 is 1.62. The van der Waals surface area contributed by atoms with Crippen LogP contribution in [0.5, 0.6) is 0 Å². The van der Waals surface area contributed by atoms with Crippen LogP contribution in [-0.4, -0.2) is 18.2 Å². The van der Waals surface area contributed by atoms with Crippen molar-refractivity contribution in [2.24, 2.45) is 0 Å². The summed E-state index contributed by atoms with van der Waals surface area (Å²) in [6, 6.07) is 11.6. The van der Waals surface area contributed by atoms with Crippen LogP contribution in [0.25, 0.3) is 0 Å². The van der Waals surface area contributed by atoms with Crippen LogP contribution in [-0.2, 0) is 24.2 Å². The van der Waals surface area contributed by atoms with Gasteiger partial charge in [0, 0.05) is 6.54 Å². The summed E-state index contributed by atoms with van der Waals surface area (Å²) in [5, 5.41) is 5.78. The fraction of sp³-hybridized carbons (Fsp3) is 0.316. The third-order valence-electron chi connectivity index (χ3n) is 4.70. The summed E-state index contributed by atoms with van der Waals surface area (Å²) in [6.07, 6.45) is 1.64. The number of hydrogen-bond donors (Lipinski definition) is 2. The zero-order valence-electron chi connectivity index (χ0n) is 13.3. The smallest absolute Gasteiger partial charge is 0.242 e. The number of hydrogen-bond acceptors (Lipinski definition) is 3. The van der Waals surface area contributed by atoms with Crippen LogP contribution in [0.4, 0.5) is 10.1 Å². The lowest BCUT2D eigenvalue weighted by Gasteiger charge is -2.25.